The molecule has 1 aliphatic carbocycles. The Bertz CT molecular complexity index is 908. The lowest BCUT2D eigenvalue weighted by molar-refractivity contribution is -0.128. The molecule has 0 unspecified atom stereocenters. The van der Waals surface area contributed by atoms with E-state index < -0.39 is 0 Å². The number of nitrogens with one attached hydrogen (secondary N) is 2. The van der Waals surface area contributed by atoms with E-state index in [1.165, 1.54) is 6.92 Å². The fourth-order valence-electron chi connectivity index (χ4n) is 2.74. The molecule has 3 amide bonds. The summed E-state index contributed by atoms with van der Waals surface area (Å²) in [5.74, 6) is 0.274. The molecule has 1 fully saturated rings. The number of rotatable bonds is 8. The normalized spacial score (nSPS) is 12.8. The first-order valence-corrected chi connectivity index (χ1v) is 9.55. The van der Waals surface area contributed by atoms with Crippen LogP contribution in [-0.4, -0.2) is 36.3 Å². The molecule has 0 aliphatic heterocycles. The fourth-order valence-corrected chi connectivity index (χ4v) is 2.74. The summed E-state index contributed by atoms with van der Waals surface area (Å²) in [5.41, 5.74) is 2.13. The van der Waals surface area contributed by atoms with Crippen LogP contribution >= 0.6 is 0 Å². The van der Waals surface area contributed by atoms with Gasteiger partial charge in [-0.1, -0.05) is 24.3 Å². The van der Waals surface area contributed by atoms with Gasteiger partial charge in [0.15, 0.2) is 6.61 Å². The third kappa shape index (κ3) is 6.07. The van der Waals surface area contributed by atoms with Gasteiger partial charge in [0.1, 0.15) is 5.75 Å². The predicted molar refractivity (Wildman–Crippen MR) is 111 cm³/mol. The van der Waals surface area contributed by atoms with Crippen molar-refractivity contribution in [1.29, 1.82) is 0 Å². The highest BCUT2D eigenvalue weighted by Crippen LogP contribution is 2.30. The summed E-state index contributed by atoms with van der Waals surface area (Å²) >= 11 is 0. The van der Waals surface area contributed by atoms with Gasteiger partial charge in [-0.15, -0.1) is 0 Å². The van der Waals surface area contributed by atoms with Gasteiger partial charge in [-0.3, -0.25) is 14.4 Å². The Morgan fingerprint density at radius 1 is 1.07 bits per heavy atom. The largest absolute Gasteiger partial charge is 0.484 e. The van der Waals surface area contributed by atoms with Gasteiger partial charge >= 0.3 is 0 Å². The molecule has 1 saturated carbocycles. The van der Waals surface area contributed by atoms with Crippen LogP contribution in [0, 0.1) is 5.92 Å². The first-order chi connectivity index (χ1) is 13.9. The van der Waals surface area contributed by atoms with Gasteiger partial charge < -0.3 is 20.3 Å². The standard InChI is InChI=1S/C22H25N3O4/c1-15(26)25(2)13-17-6-3-4-9-20(17)24-21(27)14-29-19-8-5-7-18(12-19)23-22(28)16-10-11-16/h3-9,12,16H,10-11,13-14H2,1-2H3,(H,23,28)(H,24,27). The van der Waals surface area contributed by atoms with Gasteiger partial charge in [-0.25, -0.2) is 0 Å². The van der Waals surface area contributed by atoms with E-state index in [2.05, 4.69) is 10.6 Å². The Kier molecular flexibility index (Phi) is 6.49. The monoisotopic (exact) mass is 395 g/mol. The Hall–Kier alpha value is -3.35. The third-order valence-electron chi connectivity index (χ3n) is 4.66. The molecule has 7 heteroatoms. The lowest BCUT2D eigenvalue weighted by atomic mass is 10.1. The second-order valence-corrected chi connectivity index (χ2v) is 7.16. The maximum Gasteiger partial charge on any atom is 0.262 e. The van der Waals surface area contributed by atoms with Crippen LogP contribution in [0.1, 0.15) is 25.3 Å². The quantitative estimate of drug-likeness (QED) is 0.719. The number of benzene rings is 2. The van der Waals surface area contributed by atoms with Crippen molar-refractivity contribution >= 4 is 29.1 Å². The zero-order chi connectivity index (χ0) is 20.8. The first-order valence-electron chi connectivity index (χ1n) is 9.55. The number of hydrogen-bond acceptors (Lipinski definition) is 4. The van der Waals surface area contributed by atoms with Crippen molar-refractivity contribution in [2.24, 2.45) is 5.92 Å². The summed E-state index contributed by atoms with van der Waals surface area (Å²) in [4.78, 5) is 37.2. The second-order valence-electron chi connectivity index (χ2n) is 7.16. The average Bonchev–Trinajstić information content (AvgIpc) is 3.53. The van der Waals surface area contributed by atoms with Crippen LogP contribution in [-0.2, 0) is 20.9 Å². The van der Waals surface area contributed by atoms with Crippen LogP contribution in [0.15, 0.2) is 48.5 Å². The van der Waals surface area contributed by atoms with Crippen LogP contribution in [0.5, 0.6) is 5.75 Å². The lowest BCUT2D eigenvalue weighted by Crippen LogP contribution is -2.25. The van der Waals surface area contributed by atoms with Crippen molar-refractivity contribution < 1.29 is 19.1 Å². The number of para-hydroxylation sites is 1. The molecule has 1 aliphatic rings. The van der Waals surface area contributed by atoms with E-state index >= 15 is 0 Å². The van der Waals surface area contributed by atoms with Gasteiger partial charge in [-0.05, 0) is 36.6 Å². The van der Waals surface area contributed by atoms with Crippen molar-refractivity contribution in [1.82, 2.24) is 4.90 Å². The molecule has 7 nitrogen and oxygen atoms in total. The molecular formula is C22H25N3O4. The van der Waals surface area contributed by atoms with E-state index in [4.69, 9.17) is 4.74 Å². The van der Waals surface area contributed by atoms with Gasteiger partial charge in [0.2, 0.25) is 11.8 Å². The molecule has 0 heterocycles. The van der Waals surface area contributed by atoms with Crippen molar-refractivity contribution in [3.8, 4) is 5.75 Å². The highest BCUT2D eigenvalue weighted by atomic mass is 16.5. The molecule has 2 aromatic rings. The van der Waals surface area contributed by atoms with Crippen molar-refractivity contribution in [3.05, 3.63) is 54.1 Å². The number of carbonyl (C=O) groups excluding carboxylic acids is 3. The number of carbonyl (C=O) groups is 3. The second kappa shape index (κ2) is 9.23. The molecule has 0 aromatic heterocycles. The molecule has 29 heavy (non-hydrogen) atoms. The van der Waals surface area contributed by atoms with Gasteiger partial charge in [0, 0.05) is 43.9 Å². The van der Waals surface area contributed by atoms with Crippen molar-refractivity contribution in [3.63, 3.8) is 0 Å². The molecule has 2 aromatic carbocycles. The summed E-state index contributed by atoms with van der Waals surface area (Å²) in [6.45, 7) is 1.72. The highest BCUT2D eigenvalue weighted by molar-refractivity contribution is 5.94. The topological polar surface area (TPSA) is 87.7 Å². The molecule has 0 bridgehead atoms. The minimum atomic E-state index is -0.310. The molecule has 0 atom stereocenters. The van der Waals surface area contributed by atoms with Crippen LogP contribution in [0.2, 0.25) is 0 Å². The van der Waals surface area contributed by atoms with Crippen molar-refractivity contribution in [2.45, 2.75) is 26.3 Å². The lowest BCUT2D eigenvalue weighted by Gasteiger charge is -2.18. The maximum atomic E-state index is 12.3. The smallest absolute Gasteiger partial charge is 0.262 e. The van der Waals surface area contributed by atoms with Crippen LogP contribution in [0.25, 0.3) is 0 Å². The Morgan fingerprint density at radius 3 is 2.55 bits per heavy atom. The minimum Gasteiger partial charge on any atom is -0.484 e. The van der Waals surface area contributed by atoms with E-state index in [1.54, 1.807) is 42.3 Å². The van der Waals surface area contributed by atoms with E-state index in [0.717, 1.165) is 18.4 Å². The van der Waals surface area contributed by atoms with Gasteiger partial charge in [-0.2, -0.15) is 0 Å². The minimum absolute atomic E-state index is 0.0204. The zero-order valence-corrected chi connectivity index (χ0v) is 16.6. The first kappa shape index (κ1) is 20.4. The third-order valence-corrected chi connectivity index (χ3v) is 4.66. The molecule has 2 N–H and O–H groups in total. The summed E-state index contributed by atoms with van der Waals surface area (Å²) < 4.78 is 5.57. The predicted octanol–water partition coefficient (Wildman–Crippen LogP) is 3.03. The number of nitrogens with zero attached hydrogens (tertiary/aromatic N) is 1. The number of amides is 3. The number of ether oxygens (including phenoxy) is 1. The zero-order valence-electron chi connectivity index (χ0n) is 16.6. The Morgan fingerprint density at radius 2 is 1.83 bits per heavy atom. The summed E-state index contributed by atoms with van der Waals surface area (Å²) in [5, 5.41) is 5.68. The van der Waals surface area contributed by atoms with Crippen LogP contribution in [0.3, 0.4) is 0 Å². The number of hydrogen-bond donors (Lipinski definition) is 2. The number of anilines is 2. The molecular weight excluding hydrogens is 370 g/mol. The van der Waals surface area contributed by atoms with Gasteiger partial charge in [0.25, 0.3) is 5.91 Å². The molecule has 0 radical (unpaired) electrons. The van der Waals surface area contributed by atoms with Crippen LogP contribution < -0.4 is 15.4 Å². The average molecular weight is 395 g/mol. The summed E-state index contributed by atoms with van der Waals surface area (Å²) in [7, 11) is 1.71. The van der Waals surface area contributed by atoms with E-state index in [9.17, 15) is 14.4 Å². The van der Waals surface area contributed by atoms with Crippen LogP contribution in [0.4, 0.5) is 11.4 Å². The SMILES string of the molecule is CC(=O)N(C)Cc1ccccc1NC(=O)COc1cccc(NC(=O)C2CC2)c1. The van der Waals surface area contributed by atoms with E-state index in [-0.39, 0.29) is 30.2 Å². The maximum absolute atomic E-state index is 12.3. The molecule has 3 rings (SSSR count). The summed E-state index contributed by atoms with van der Waals surface area (Å²) in [6.07, 6.45) is 1.87. The summed E-state index contributed by atoms with van der Waals surface area (Å²) in [6, 6.07) is 14.3. The Labute approximate surface area is 170 Å². The highest BCUT2D eigenvalue weighted by Gasteiger charge is 2.29. The molecule has 0 spiro atoms. The van der Waals surface area contributed by atoms with E-state index in [1.807, 2.05) is 18.2 Å². The fraction of sp³-hybridized carbons (Fsp3) is 0.318. The van der Waals surface area contributed by atoms with Crippen molar-refractivity contribution in [2.75, 3.05) is 24.3 Å². The molecule has 0 saturated heterocycles. The molecule has 152 valence electrons. The van der Waals surface area contributed by atoms with E-state index in [0.29, 0.717) is 23.7 Å². The Balaban J connectivity index is 1.55. The van der Waals surface area contributed by atoms with Gasteiger partial charge in [0.05, 0.1) is 0 Å².